The Balaban J connectivity index is 1.56. The molecule has 1 heterocycles. The predicted octanol–water partition coefficient (Wildman–Crippen LogP) is 4.80. The van der Waals surface area contributed by atoms with Crippen LogP contribution in [0.2, 0.25) is 15.1 Å². The van der Waals surface area contributed by atoms with Gasteiger partial charge in [0, 0.05) is 16.5 Å². The molecule has 6 nitrogen and oxygen atoms in total. The van der Waals surface area contributed by atoms with Crippen LogP contribution in [0.15, 0.2) is 53.4 Å². The fourth-order valence-electron chi connectivity index (χ4n) is 3.28. The Labute approximate surface area is 187 Å². The highest BCUT2D eigenvalue weighted by Gasteiger charge is 2.33. The lowest BCUT2D eigenvalue weighted by Gasteiger charge is -2.27. The zero-order valence-corrected chi connectivity index (χ0v) is 18.1. The normalized spacial score (nSPS) is 13.9. The molecule has 3 aromatic carbocycles. The number of benzene rings is 3. The highest BCUT2D eigenvalue weighted by Crippen LogP contribution is 2.33. The standard InChI is InChI=1S/C20H12Cl3NO5S/c21-14-9-16(23)17(10-15(14)22)30(27,28)29-8-7-24-19(25)12-5-1-3-11-4-2-6-13(18(11)12)20(24)26/h1-6,9-10H,7-8H2. The van der Waals surface area contributed by atoms with E-state index in [9.17, 15) is 18.0 Å². The van der Waals surface area contributed by atoms with Crippen molar-refractivity contribution in [3.05, 3.63) is 74.7 Å². The third-order valence-corrected chi connectivity index (χ3v) is 7.15. The van der Waals surface area contributed by atoms with Gasteiger partial charge in [0.25, 0.3) is 21.9 Å². The molecule has 4 rings (SSSR count). The van der Waals surface area contributed by atoms with Gasteiger partial charge in [0.05, 0.1) is 28.2 Å². The minimum atomic E-state index is -4.29. The van der Waals surface area contributed by atoms with Crippen molar-refractivity contribution in [2.45, 2.75) is 4.90 Å². The summed E-state index contributed by atoms with van der Waals surface area (Å²) in [4.78, 5) is 26.2. The molecule has 0 atom stereocenters. The molecule has 1 aliphatic rings. The van der Waals surface area contributed by atoms with E-state index in [1.165, 1.54) is 6.07 Å². The second kappa shape index (κ2) is 7.83. The number of carbonyl (C=O) groups is 2. The van der Waals surface area contributed by atoms with Gasteiger partial charge in [-0.15, -0.1) is 0 Å². The minimum absolute atomic E-state index is 0.00525. The molecule has 1 aliphatic heterocycles. The Hall–Kier alpha value is -2.16. The summed E-state index contributed by atoms with van der Waals surface area (Å²) in [5, 5.41) is 1.30. The van der Waals surface area contributed by atoms with Crippen LogP contribution in [0.1, 0.15) is 20.7 Å². The lowest BCUT2D eigenvalue weighted by Crippen LogP contribution is -2.42. The molecule has 0 saturated heterocycles. The van der Waals surface area contributed by atoms with Crippen molar-refractivity contribution in [3.63, 3.8) is 0 Å². The molecule has 0 bridgehead atoms. The molecule has 2 amide bonds. The van der Waals surface area contributed by atoms with Gasteiger partial charge in [0.2, 0.25) is 0 Å². The molecule has 30 heavy (non-hydrogen) atoms. The Bertz CT molecular complexity index is 1270. The van der Waals surface area contributed by atoms with E-state index in [0.29, 0.717) is 16.5 Å². The topological polar surface area (TPSA) is 80.8 Å². The molecule has 0 aliphatic carbocycles. The number of rotatable bonds is 5. The molecule has 0 fully saturated rings. The molecule has 0 unspecified atom stereocenters. The van der Waals surface area contributed by atoms with E-state index in [-0.39, 0.29) is 26.5 Å². The first-order valence-electron chi connectivity index (χ1n) is 8.62. The van der Waals surface area contributed by atoms with Crippen LogP contribution < -0.4 is 0 Å². The van der Waals surface area contributed by atoms with Gasteiger partial charge >= 0.3 is 0 Å². The first-order valence-corrected chi connectivity index (χ1v) is 11.2. The minimum Gasteiger partial charge on any atom is -0.272 e. The fourth-order valence-corrected chi connectivity index (χ4v) is 5.16. The van der Waals surface area contributed by atoms with Gasteiger partial charge in [-0.3, -0.25) is 18.7 Å². The lowest BCUT2D eigenvalue weighted by atomic mass is 9.94. The molecular formula is C20H12Cl3NO5S. The van der Waals surface area contributed by atoms with Gasteiger partial charge in [-0.2, -0.15) is 8.42 Å². The highest BCUT2D eigenvalue weighted by atomic mass is 35.5. The SMILES string of the molecule is O=C1c2cccc3cccc(c23)C(=O)N1CCOS(=O)(=O)c1cc(Cl)c(Cl)cc1Cl. The fraction of sp³-hybridized carbons (Fsp3) is 0.100. The van der Waals surface area contributed by atoms with Crippen molar-refractivity contribution < 1.29 is 22.2 Å². The van der Waals surface area contributed by atoms with Gasteiger partial charge in [-0.25, -0.2) is 0 Å². The van der Waals surface area contributed by atoms with Gasteiger partial charge in [0.15, 0.2) is 0 Å². The van der Waals surface area contributed by atoms with E-state index in [2.05, 4.69) is 0 Å². The quantitative estimate of drug-likeness (QED) is 0.295. The molecule has 10 heteroatoms. The molecule has 0 radical (unpaired) electrons. The Morgan fingerprint density at radius 2 is 1.40 bits per heavy atom. The maximum atomic E-state index is 12.8. The van der Waals surface area contributed by atoms with E-state index in [1.54, 1.807) is 24.3 Å². The Morgan fingerprint density at radius 3 is 2.00 bits per heavy atom. The zero-order chi connectivity index (χ0) is 21.6. The summed E-state index contributed by atoms with van der Waals surface area (Å²) in [6, 6.07) is 12.6. The van der Waals surface area contributed by atoms with Crippen LogP contribution >= 0.6 is 34.8 Å². The van der Waals surface area contributed by atoms with Gasteiger partial charge in [-0.05, 0) is 29.7 Å². The van der Waals surface area contributed by atoms with Crippen LogP contribution in [-0.4, -0.2) is 38.3 Å². The largest absolute Gasteiger partial charge is 0.298 e. The van der Waals surface area contributed by atoms with Crippen molar-refractivity contribution in [2.75, 3.05) is 13.2 Å². The van der Waals surface area contributed by atoms with Crippen LogP contribution in [0.4, 0.5) is 0 Å². The maximum Gasteiger partial charge on any atom is 0.298 e. The van der Waals surface area contributed by atoms with Crippen LogP contribution in [-0.2, 0) is 14.3 Å². The number of amides is 2. The van der Waals surface area contributed by atoms with Crippen LogP contribution in [0, 0.1) is 0 Å². The number of hydrogen-bond acceptors (Lipinski definition) is 5. The van der Waals surface area contributed by atoms with Crippen LogP contribution in [0.3, 0.4) is 0 Å². The smallest absolute Gasteiger partial charge is 0.272 e. The first-order chi connectivity index (χ1) is 14.2. The second-order valence-corrected chi connectivity index (χ2v) is 9.25. The van der Waals surface area contributed by atoms with E-state index in [1.807, 2.05) is 12.1 Å². The van der Waals surface area contributed by atoms with Crippen molar-refractivity contribution in [2.24, 2.45) is 0 Å². The Morgan fingerprint density at radius 1 is 0.833 bits per heavy atom. The van der Waals surface area contributed by atoms with Crippen molar-refractivity contribution in [1.29, 1.82) is 0 Å². The van der Waals surface area contributed by atoms with E-state index in [0.717, 1.165) is 16.4 Å². The molecule has 0 aromatic heterocycles. The summed E-state index contributed by atoms with van der Waals surface area (Å²) >= 11 is 17.6. The first kappa shape index (κ1) is 21.1. The summed E-state index contributed by atoms with van der Waals surface area (Å²) in [6.07, 6.45) is 0. The monoisotopic (exact) mass is 483 g/mol. The molecule has 3 aromatic rings. The summed E-state index contributed by atoms with van der Waals surface area (Å²) in [6.45, 7) is -0.713. The zero-order valence-electron chi connectivity index (χ0n) is 15.1. The molecule has 0 spiro atoms. The van der Waals surface area contributed by atoms with Crippen LogP contribution in [0.25, 0.3) is 10.8 Å². The summed E-state index contributed by atoms with van der Waals surface area (Å²) in [5.41, 5.74) is 0.746. The Kier molecular flexibility index (Phi) is 5.50. The molecule has 154 valence electrons. The van der Waals surface area contributed by atoms with E-state index >= 15 is 0 Å². The third kappa shape index (κ3) is 3.57. The number of hydrogen-bond donors (Lipinski definition) is 0. The summed E-state index contributed by atoms with van der Waals surface area (Å²) in [5.74, 6) is -1.03. The summed E-state index contributed by atoms with van der Waals surface area (Å²) in [7, 11) is -4.29. The molecular weight excluding hydrogens is 473 g/mol. The van der Waals surface area contributed by atoms with Crippen LogP contribution in [0.5, 0.6) is 0 Å². The average molecular weight is 485 g/mol. The number of imide groups is 1. The van der Waals surface area contributed by atoms with Gasteiger partial charge in [0.1, 0.15) is 4.90 Å². The van der Waals surface area contributed by atoms with E-state index < -0.39 is 28.5 Å². The van der Waals surface area contributed by atoms with Crippen molar-refractivity contribution >= 4 is 67.5 Å². The van der Waals surface area contributed by atoms with E-state index in [4.69, 9.17) is 39.0 Å². The van der Waals surface area contributed by atoms with Crippen molar-refractivity contribution in [1.82, 2.24) is 4.90 Å². The number of nitrogens with zero attached hydrogens (tertiary/aromatic N) is 1. The third-order valence-electron chi connectivity index (χ3n) is 4.65. The second-order valence-electron chi connectivity index (χ2n) is 6.44. The number of halogens is 3. The highest BCUT2D eigenvalue weighted by molar-refractivity contribution is 7.86. The number of carbonyl (C=O) groups excluding carboxylic acids is 2. The maximum absolute atomic E-state index is 12.8. The lowest BCUT2D eigenvalue weighted by molar-refractivity contribution is 0.0588. The van der Waals surface area contributed by atoms with Gasteiger partial charge < -0.3 is 0 Å². The predicted molar refractivity (Wildman–Crippen MR) is 114 cm³/mol. The molecule has 0 saturated carbocycles. The summed E-state index contributed by atoms with van der Waals surface area (Å²) < 4.78 is 29.9. The average Bonchev–Trinajstić information content (AvgIpc) is 2.71. The molecule has 0 N–H and O–H groups in total. The van der Waals surface area contributed by atoms with Crippen molar-refractivity contribution in [3.8, 4) is 0 Å². The van der Waals surface area contributed by atoms with Gasteiger partial charge in [-0.1, -0.05) is 59.1 Å².